The third kappa shape index (κ3) is 2.65. The van der Waals surface area contributed by atoms with E-state index in [1.807, 2.05) is 12.4 Å². The highest BCUT2D eigenvalue weighted by Gasteiger charge is 2.47. The van der Waals surface area contributed by atoms with Crippen LogP contribution in [0.3, 0.4) is 0 Å². The van der Waals surface area contributed by atoms with E-state index in [4.69, 9.17) is 15.5 Å². The van der Waals surface area contributed by atoms with Gasteiger partial charge in [0.05, 0.1) is 18.1 Å². The predicted octanol–water partition coefficient (Wildman–Crippen LogP) is 1.70. The molecule has 1 spiro atoms. The summed E-state index contributed by atoms with van der Waals surface area (Å²) in [4.78, 5) is 11.8. The minimum atomic E-state index is 0.0909. The van der Waals surface area contributed by atoms with Gasteiger partial charge in [-0.1, -0.05) is 5.92 Å². The number of rotatable bonds is 1. The molecule has 3 aromatic rings. The minimum Gasteiger partial charge on any atom is -0.376 e. The highest BCUT2D eigenvalue weighted by Crippen LogP contribution is 2.42. The van der Waals surface area contributed by atoms with E-state index in [1.165, 1.54) is 12.8 Å². The summed E-state index contributed by atoms with van der Waals surface area (Å²) in [5.41, 5.74) is 8.91. The Kier molecular flexibility index (Phi) is 3.68. The summed E-state index contributed by atoms with van der Waals surface area (Å²) in [6, 6.07) is 0.105. The van der Waals surface area contributed by atoms with Crippen LogP contribution in [0.2, 0.25) is 0 Å². The average molecular weight is 391 g/mol. The van der Waals surface area contributed by atoms with Gasteiger partial charge in [-0.05, 0) is 38.5 Å². The first-order valence-electron chi connectivity index (χ1n) is 10.5. The number of aromatic nitrogens is 5. The number of aromatic amines is 1. The van der Waals surface area contributed by atoms with E-state index in [1.54, 1.807) is 0 Å². The highest BCUT2D eigenvalue weighted by atomic mass is 16.5. The minimum absolute atomic E-state index is 0.0909. The predicted molar refractivity (Wildman–Crippen MR) is 110 cm³/mol. The first kappa shape index (κ1) is 17.2. The first-order valence-corrected chi connectivity index (χ1v) is 10.5. The smallest absolute Gasteiger partial charge is 0.213 e. The van der Waals surface area contributed by atoms with Crippen molar-refractivity contribution in [3.05, 3.63) is 18.1 Å². The fourth-order valence-electron chi connectivity index (χ4n) is 4.77. The van der Waals surface area contributed by atoms with Gasteiger partial charge in [0.1, 0.15) is 5.69 Å². The van der Waals surface area contributed by atoms with E-state index in [-0.39, 0.29) is 17.6 Å². The molecule has 8 heteroatoms. The Balaban J connectivity index is 1.35. The zero-order valence-corrected chi connectivity index (χ0v) is 16.6. The van der Waals surface area contributed by atoms with Gasteiger partial charge in [0.2, 0.25) is 5.95 Å². The number of anilines is 1. The lowest BCUT2D eigenvalue weighted by Crippen LogP contribution is -2.51. The first-order chi connectivity index (χ1) is 14.1. The molecule has 150 valence electrons. The molecule has 5 heterocycles. The topological polar surface area (TPSA) is 97.4 Å². The summed E-state index contributed by atoms with van der Waals surface area (Å²) in [6.45, 7) is 4.65. The van der Waals surface area contributed by atoms with Crippen LogP contribution in [-0.4, -0.2) is 56.4 Å². The van der Waals surface area contributed by atoms with Crippen LogP contribution in [-0.2, 0) is 4.74 Å². The zero-order chi connectivity index (χ0) is 19.6. The summed E-state index contributed by atoms with van der Waals surface area (Å²) in [5.74, 6) is 7.94. The van der Waals surface area contributed by atoms with Gasteiger partial charge in [-0.3, -0.25) is 9.50 Å². The quantitative estimate of drug-likeness (QED) is 0.613. The second-order valence-corrected chi connectivity index (χ2v) is 8.76. The molecule has 2 atom stereocenters. The van der Waals surface area contributed by atoms with Gasteiger partial charge in [-0.2, -0.15) is 10.1 Å². The molecule has 3 fully saturated rings. The molecule has 2 saturated heterocycles. The summed E-state index contributed by atoms with van der Waals surface area (Å²) < 4.78 is 7.92. The Morgan fingerprint density at radius 1 is 1.31 bits per heavy atom. The molecular formula is C21H25N7O. The number of nitrogens with zero attached hydrogens (tertiary/aromatic N) is 5. The Labute approximate surface area is 168 Å². The largest absolute Gasteiger partial charge is 0.376 e. The maximum absolute atomic E-state index is 6.48. The van der Waals surface area contributed by atoms with Crippen LogP contribution in [0.15, 0.2) is 12.4 Å². The van der Waals surface area contributed by atoms with Gasteiger partial charge in [0, 0.05) is 42.9 Å². The van der Waals surface area contributed by atoms with Gasteiger partial charge >= 0.3 is 0 Å². The van der Waals surface area contributed by atoms with Gasteiger partial charge in [0.15, 0.2) is 11.3 Å². The maximum atomic E-state index is 6.48. The third-order valence-electron chi connectivity index (χ3n) is 6.90. The van der Waals surface area contributed by atoms with Crippen molar-refractivity contribution in [1.82, 2.24) is 24.6 Å². The Morgan fingerprint density at radius 3 is 2.86 bits per heavy atom. The van der Waals surface area contributed by atoms with Crippen molar-refractivity contribution in [2.75, 3.05) is 24.6 Å². The lowest BCUT2D eigenvalue weighted by Gasteiger charge is -2.41. The van der Waals surface area contributed by atoms with E-state index in [0.29, 0.717) is 5.92 Å². The number of nitrogens with two attached hydrogens (primary N) is 1. The Bertz CT molecular complexity index is 1140. The third-order valence-corrected chi connectivity index (χ3v) is 6.90. The number of H-pyrrole nitrogens is 1. The van der Waals surface area contributed by atoms with Crippen LogP contribution in [0.25, 0.3) is 16.7 Å². The molecule has 1 aliphatic carbocycles. The lowest BCUT2D eigenvalue weighted by atomic mass is 9.73. The molecular weight excluding hydrogens is 366 g/mol. The molecule has 0 aromatic carbocycles. The fraction of sp³-hybridized carbons (Fsp3) is 0.571. The Morgan fingerprint density at radius 2 is 2.14 bits per heavy atom. The van der Waals surface area contributed by atoms with E-state index < -0.39 is 0 Å². The fourth-order valence-corrected chi connectivity index (χ4v) is 4.77. The number of imidazole rings is 1. The molecule has 0 radical (unpaired) electrons. The molecule has 0 bridgehead atoms. The van der Waals surface area contributed by atoms with Crippen molar-refractivity contribution < 1.29 is 4.74 Å². The molecule has 3 N–H and O–H groups in total. The zero-order valence-electron chi connectivity index (χ0n) is 16.6. The van der Waals surface area contributed by atoms with Gasteiger partial charge < -0.3 is 15.4 Å². The molecule has 0 unspecified atom stereocenters. The highest BCUT2D eigenvalue weighted by molar-refractivity contribution is 5.94. The van der Waals surface area contributed by atoms with Crippen LogP contribution in [0, 0.1) is 23.2 Å². The molecule has 6 rings (SSSR count). The summed E-state index contributed by atoms with van der Waals surface area (Å²) in [7, 11) is 0. The van der Waals surface area contributed by atoms with Crippen molar-refractivity contribution in [1.29, 1.82) is 0 Å². The van der Waals surface area contributed by atoms with E-state index in [0.717, 1.165) is 60.9 Å². The van der Waals surface area contributed by atoms with Crippen molar-refractivity contribution in [2.45, 2.75) is 44.8 Å². The molecule has 1 saturated carbocycles. The maximum Gasteiger partial charge on any atom is 0.213 e. The van der Waals surface area contributed by atoms with Crippen LogP contribution in [0.5, 0.6) is 0 Å². The average Bonchev–Trinajstić information content (AvgIpc) is 3.17. The molecule has 2 aliphatic heterocycles. The van der Waals surface area contributed by atoms with Crippen molar-refractivity contribution in [3.63, 3.8) is 0 Å². The normalized spacial score (nSPS) is 26.3. The summed E-state index contributed by atoms with van der Waals surface area (Å²) in [5, 5.41) is 8.40. The number of piperidine rings is 1. The Hall–Kier alpha value is -2.63. The van der Waals surface area contributed by atoms with Crippen LogP contribution >= 0.6 is 0 Å². The van der Waals surface area contributed by atoms with Crippen molar-refractivity contribution >= 4 is 22.6 Å². The standard InChI is InChI=1S/C21H25N7O/c1-13-17(22)21(12-29-13)6-9-27(10-7-21)20-24-18-16(19-23-8-11-28(19)20)15(25-26-18)5-4-14-2-3-14/h8,11,13-14,17H,2-3,6-7,9-10,12,22H2,1H3,(H,25,26)/t13-,17+/m0/s1. The molecule has 3 aliphatic rings. The monoisotopic (exact) mass is 391 g/mol. The van der Waals surface area contributed by atoms with E-state index in [2.05, 4.69) is 43.2 Å². The molecule has 0 amide bonds. The van der Waals surface area contributed by atoms with Gasteiger partial charge in [-0.15, -0.1) is 0 Å². The number of hydrogen-bond donors (Lipinski definition) is 2. The lowest BCUT2D eigenvalue weighted by molar-refractivity contribution is 0.0973. The van der Waals surface area contributed by atoms with Crippen LogP contribution < -0.4 is 10.6 Å². The summed E-state index contributed by atoms with van der Waals surface area (Å²) in [6.07, 6.45) is 8.33. The number of hydrogen-bond acceptors (Lipinski definition) is 6. The van der Waals surface area contributed by atoms with Crippen molar-refractivity contribution in [3.8, 4) is 11.8 Å². The summed E-state index contributed by atoms with van der Waals surface area (Å²) >= 11 is 0. The molecule has 3 aromatic heterocycles. The van der Waals surface area contributed by atoms with Crippen molar-refractivity contribution in [2.24, 2.45) is 17.1 Å². The van der Waals surface area contributed by atoms with E-state index >= 15 is 0 Å². The number of fused-ring (bicyclic) bond motifs is 3. The second-order valence-electron chi connectivity index (χ2n) is 8.76. The van der Waals surface area contributed by atoms with Gasteiger partial charge in [-0.25, -0.2) is 4.98 Å². The molecule has 29 heavy (non-hydrogen) atoms. The second kappa shape index (κ2) is 6.18. The molecule has 8 nitrogen and oxygen atoms in total. The van der Waals surface area contributed by atoms with E-state index in [9.17, 15) is 0 Å². The van der Waals surface area contributed by atoms with Crippen LogP contribution in [0.4, 0.5) is 5.95 Å². The SMILES string of the molecule is C[C@@H]1OCC2(CCN(c3nc4[nH]nc(C#CC5CC5)c4c4nccn34)CC2)[C@@H]1N. The number of ether oxygens (including phenoxy) is 1. The number of nitrogens with one attached hydrogen (secondary N) is 1. The van der Waals surface area contributed by atoms with Crippen LogP contribution in [0.1, 0.15) is 38.3 Å². The van der Waals surface area contributed by atoms with Gasteiger partial charge in [0.25, 0.3) is 0 Å².